The highest BCUT2D eigenvalue weighted by Crippen LogP contribution is 2.34. The van der Waals surface area contributed by atoms with Crippen molar-refractivity contribution in [2.75, 3.05) is 13.2 Å². The fourth-order valence-corrected chi connectivity index (χ4v) is 3.94. The Kier molecular flexibility index (Phi) is 7.46. The van der Waals surface area contributed by atoms with Gasteiger partial charge in [0, 0.05) is 6.54 Å². The average Bonchev–Trinajstić information content (AvgIpc) is 3.03. The number of benzene rings is 2. The van der Waals surface area contributed by atoms with Crippen LogP contribution in [0.15, 0.2) is 58.4 Å². The number of nitrogens with zero attached hydrogens (tertiary/aromatic N) is 2. The number of hydrogen-bond acceptors (Lipinski definition) is 5. The van der Waals surface area contributed by atoms with Gasteiger partial charge in [-0.15, -0.1) is 0 Å². The molecule has 1 saturated heterocycles. The standard InChI is InChI=1S/C24H26N2O3S/c1-4-6-15-26-22(27)21(30-24(26)25-20-13-7-17(3)8-14-20)16-18-9-11-19(12-10-18)23(28)29-5-2/h7-14,16H,4-6,15H2,1-3H3/b21-16+,25-24?. The zero-order valence-electron chi connectivity index (χ0n) is 17.6. The summed E-state index contributed by atoms with van der Waals surface area (Å²) in [6, 6.07) is 15.0. The lowest BCUT2D eigenvalue weighted by molar-refractivity contribution is -0.122. The van der Waals surface area contributed by atoms with Crippen molar-refractivity contribution in [1.82, 2.24) is 4.90 Å². The molecule has 1 aliphatic rings. The summed E-state index contributed by atoms with van der Waals surface area (Å²) in [4.78, 5) is 31.9. The second-order valence-electron chi connectivity index (χ2n) is 6.99. The Morgan fingerprint density at radius 3 is 2.43 bits per heavy atom. The predicted octanol–water partition coefficient (Wildman–Crippen LogP) is 5.58. The first-order valence-electron chi connectivity index (χ1n) is 10.2. The fourth-order valence-electron chi connectivity index (χ4n) is 2.92. The van der Waals surface area contributed by atoms with Gasteiger partial charge >= 0.3 is 5.97 Å². The van der Waals surface area contributed by atoms with Crippen LogP contribution in [0.25, 0.3) is 6.08 Å². The maximum Gasteiger partial charge on any atom is 0.338 e. The van der Waals surface area contributed by atoms with Gasteiger partial charge in [-0.3, -0.25) is 9.69 Å². The average molecular weight is 423 g/mol. The first kappa shape index (κ1) is 21.8. The number of carbonyl (C=O) groups is 2. The summed E-state index contributed by atoms with van der Waals surface area (Å²) in [6.45, 7) is 6.90. The molecule has 1 heterocycles. The van der Waals surface area contributed by atoms with E-state index in [1.165, 1.54) is 17.3 Å². The van der Waals surface area contributed by atoms with Gasteiger partial charge in [0.1, 0.15) is 0 Å². The number of aryl methyl sites for hydroxylation is 1. The van der Waals surface area contributed by atoms with E-state index < -0.39 is 0 Å². The van der Waals surface area contributed by atoms with Gasteiger partial charge in [-0.1, -0.05) is 43.2 Å². The van der Waals surface area contributed by atoms with E-state index >= 15 is 0 Å². The molecule has 1 amide bonds. The Hall–Kier alpha value is -2.86. The molecular formula is C24H26N2O3S. The summed E-state index contributed by atoms with van der Waals surface area (Å²) < 4.78 is 5.01. The van der Waals surface area contributed by atoms with Gasteiger partial charge in [0.2, 0.25) is 0 Å². The van der Waals surface area contributed by atoms with E-state index in [4.69, 9.17) is 9.73 Å². The van der Waals surface area contributed by atoms with Crippen molar-refractivity contribution in [2.45, 2.75) is 33.6 Å². The van der Waals surface area contributed by atoms with Crippen LogP contribution >= 0.6 is 11.8 Å². The quantitative estimate of drug-likeness (QED) is 0.432. The van der Waals surface area contributed by atoms with Gasteiger partial charge in [-0.25, -0.2) is 9.79 Å². The van der Waals surface area contributed by atoms with Crippen molar-refractivity contribution >= 4 is 40.6 Å². The van der Waals surface area contributed by atoms with Gasteiger partial charge in [-0.05, 0) is 67.9 Å². The fraction of sp³-hybridized carbons (Fsp3) is 0.292. The van der Waals surface area contributed by atoms with Gasteiger partial charge < -0.3 is 4.74 Å². The minimum Gasteiger partial charge on any atom is -0.462 e. The minimum absolute atomic E-state index is 0.0335. The summed E-state index contributed by atoms with van der Waals surface area (Å²) in [5, 5.41) is 0.701. The minimum atomic E-state index is -0.346. The molecule has 0 aliphatic carbocycles. The van der Waals surface area contributed by atoms with Gasteiger partial charge in [0.15, 0.2) is 5.17 Å². The first-order chi connectivity index (χ1) is 14.5. The molecule has 0 atom stereocenters. The number of thioether (sulfide) groups is 1. The van der Waals surface area contributed by atoms with Crippen molar-refractivity contribution in [1.29, 1.82) is 0 Å². The first-order valence-corrected chi connectivity index (χ1v) is 11.0. The van der Waals surface area contributed by atoms with Gasteiger partial charge in [0.25, 0.3) is 5.91 Å². The van der Waals surface area contributed by atoms with Crippen molar-refractivity contribution in [3.8, 4) is 0 Å². The van der Waals surface area contributed by atoms with Crippen molar-refractivity contribution in [3.63, 3.8) is 0 Å². The van der Waals surface area contributed by atoms with Crippen LogP contribution in [-0.2, 0) is 9.53 Å². The lowest BCUT2D eigenvalue weighted by Crippen LogP contribution is -2.30. The Bertz CT molecular complexity index is 963. The van der Waals surface area contributed by atoms with Crippen LogP contribution in [0.4, 0.5) is 5.69 Å². The van der Waals surface area contributed by atoms with Crippen molar-refractivity contribution in [3.05, 3.63) is 70.1 Å². The number of ether oxygens (including phenoxy) is 1. The molecule has 0 aromatic heterocycles. The summed E-state index contributed by atoms with van der Waals surface area (Å²) in [7, 11) is 0. The van der Waals surface area contributed by atoms with Gasteiger partial charge in [0.05, 0.1) is 22.8 Å². The van der Waals surface area contributed by atoms with Crippen LogP contribution in [-0.4, -0.2) is 35.1 Å². The van der Waals surface area contributed by atoms with E-state index in [0.29, 0.717) is 28.8 Å². The van der Waals surface area contributed by atoms with E-state index in [-0.39, 0.29) is 11.9 Å². The molecule has 6 heteroatoms. The summed E-state index contributed by atoms with van der Waals surface area (Å²) >= 11 is 1.39. The second-order valence-corrected chi connectivity index (χ2v) is 8.00. The molecule has 2 aromatic rings. The number of amidine groups is 1. The highest BCUT2D eigenvalue weighted by atomic mass is 32.2. The third kappa shape index (κ3) is 5.39. The largest absolute Gasteiger partial charge is 0.462 e. The van der Waals surface area contributed by atoms with Crippen LogP contribution < -0.4 is 0 Å². The topological polar surface area (TPSA) is 59.0 Å². The predicted molar refractivity (Wildman–Crippen MR) is 123 cm³/mol. The highest BCUT2D eigenvalue weighted by Gasteiger charge is 2.32. The van der Waals surface area contributed by atoms with E-state index in [2.05, 4.69) is 6.92 Å². The maximum atomic E-state index is 13.0. The summed E-state index contributed by atoms with van der Waals surface area (Å²) in [6.07, 6.45) is 3.76. The number of esters is 1. The molecule has 0 unspecified atom stereocenters. The number of hydrogen-bond donors (Lipinski definition) is 0. The van der Waals surface area contributed by atoms with E-state index in [1.807, 2.05) is 49.4 Å². The lowest BCUT2D eigenvalue weighted by atomic mass is 10.1. The van der Waals surface area contributed by atoms with Crippen LogP contribution in [0.5, 0.6) is 0 Å². The Morgan fingerprint density at radius 2 is 1.80 bits per heavy atom. The second kappa shape index (κ2) is 10.3. The molecule has 2 aromatic carbocycles. The van der Waals surface area contributed by atoms with E-state index in [1.54, 1.807) is 24.0 Å². The third-order valence-corrected chi connectivity index (χ3v) is 5.61. The third-order valence-electron chi connectivity index (χ3n) is 4.60. The highest BCUT2D eigenvalue weighted by molar-refractivity contribution is 8.18. The number of aliphatic imine (C=N–C) groups is 1. The Balaban J connectivity index is 1.85. The number of carbonyl (C=O) groups excluding carboxylic acids is 2. The van der Waals surface area contributed by atoms with Crippen LogP contribution in [0.2, 0.25) is 0 Å². The number of unbranched alkanes of at least 4 members (excludes halogenated alkanes) is 1. The monoisotopic (exact) mass is 422 g/mol. The van der Waals surface area contributed by atoms with E-state index in [0.717, 1.165) is 24.1 Å². The van der Waals surface area contributed by atoms with Gasteiger partial charge in [-0.2, -0.15) is 0 Å². The summed E-state index contributed by atoms with van der Waals surface area (Å²) in [5.41, 5.74) is 3.35. The molecule has 30 heavy (non-hydrogen) atoms. The maximum absolute atomic E-state index is 13.0. The molecule has 0 spiro atoms. The zero-order valence-corrected chi connectivity index (χ0v) is 18.4. The molecular weight excluding hydrogens is 396 g/mol. The molecule has 0 radical (unpaired) electrons. The molecule has 156 valence electrons. The normalized spacial score (nSPS) is 16.5. The molecule has 0 bridgehead atoms. The zero-order chi connectivity index (χ0) is 21.5. The smallest absolute Gasteiger partial charge is 0.338 e. The number of rotatable bonds is 7. The molecule has 3 rings (SSSR count). The molecule has 5 nitrogen and oxygen atoms in total. The molecule has 1 aliphatic heterocycles. The Labute approximate surface area is 181 Å². The Morgan fingerprint density at radius 1 is 1.10 bits per heavy atom. The molecule has 1 fully saturated rings. The van der Waals surface area contributed by atoms with Crippen LogP contribution in [0.1, 0.15) is 48.2 Å². The van der Waals surface area contributed by atoms with E-state index in [9.17, 15) is 9.59 Å². The van der Waals surface area contributed by atoms with Crippen LogP contribution in [0, 0.1) is 6.92 Å². The van der Waals surface area contributed by atoms with Crippen molar-refractivity contribution < 1.29 is 14.3 Å². The van der Waals surface area contributed by atoms with Crippen molar-refractivity contribution in [2.24, 2.45) is 4.99 Å². The summed E-state index contributed by atoms with van der Waals surface area (Å²) in [5.74, 6) is -0.380. The molecule has 0 saturated carbocycles. The lowest BCUT2D eigenvalue weighted by Gasteiger charge is -2.14. The number of amides is 1. The SMILES string of the molecule is CCCCN1C(=O)/C(=C\c2ccc(C(=O)OCC)cc2)SC1=Nc1ccc(C)cc1. The molecule has 0 N–H and O–H groups in total. The van der Waals surface area contributed by atoms with Crippen LogP contribution in [0.3, 0.4) is 0 Å².